The maximum Gasteiger partial charge on any atom is 0.335 e. The van der Waals surface area contributed by atoms with Gasteiger partial charge in [-0.2, -0.15) is 0 Å². The largest absolute Gasteiger partial charge is 0.478 e. The van der Waals surface area contributed by atoms with Crippen LogP contribution in [0.25, 0.3) is 32.3 Å². The fourth-order valence-electron chi connectivity index (χ4n) is 2.99. The first-order valence-corrected chi connectivity index (χ1v) is 6.35. The Morgan fingerprint density at radius 1 is 0.800 bits per heavy atom. The highest BCUT2D eigenvalue weighted by Gasteiger charge is 2.12. The molecule has 96 valence electrons. The summed E-state index contributed by atoms with van der Waals surface area (Å²) in [6.45, 7) is 0. The lowest BCUT2D eigenvalue weighted by Crippen LogP contribution is -1.96. The van der Waals surface area contributed by atoms with Gasteiger partial charge in [0, 0.05) is 5.69 Å². The number of aromatic carboxylic acids is 1. The van der Waals surface area contributed by atoms with Crippen molar-refractivity contribution in [2.75, 3.05) is 5.73 Å². The van der Waals surface area contributed by atoms with Crippen molar-refractivity contribution in [1.82, 2.24) is 0 Å². The minimum Gasteiger partial charge on any atom is -0.478 e. The number of hydrogen-bond acceptors (Lipinski definition) is 2. The van der Waals surface area contributed by atoms with Crippen LogP contribution in [0.1, 0.15) is 10.4 Å². The number of carbonyl (C=O) groups is 1. The Labute approximate surface area is 114 Å². The lowest BCUT2D eigenvalue weighted by Gasteiger charge is -2.12. The molecule has 20 heavy (non-hydrogen) atoms. The quantitative estimate of drug-likeness (QED) is 0.404. The molecule has 0 radical (unpaired) electrons. The van der Waals surface area contributed by atoms with Crippen LogP contribution in [-0.2, 0) is 0 Å². The van der Waals surface area contributed by atoms with E-state index in [-0.39, 0.29) is 0 Å². The molecule has 4 aromatic rings. The molecule has 0 aliphatic rings. The molecule has 0 aliphatic heterocycles. The van der Waals surface area contributed by atoms with Crippen molar-refractivity contribution in [3.05, 3.63) is 54.1 Å². The molecule has 0 aromatic heterocycles. The highest BCUT2D eigenvalue weighted by molar-refractivity contribution is 6.24. The van der Waals surface area contributed by atoms with Crippen molar-refractivity contribution in [2.24, 2.45) is 0 Å². The van der Waals surface area contributed by atoms with E-state index in [1.807, 2.05) is 36.4 Å². The van der Waals surface area contributed by atoms with Gasteiger partial charge in [-0.3, -0.25) is 0 Å². The number of nitrogen functional groups attached to an aromatic ring is 1. The molecular formula is C17H11NO2. The smallest absolute Gasteiger partial charge is 0.335 e. The molecule has 0 saturated carbocycles. The average molecular weight is 261 g/mol. The molecule has 0 bridgehead atoms. The zero-order valence-electron chi connectivity index (χ0n) is 10.6. The zero-order valence-corrected chi connectivity index (χ0v) is 10.6. The predicted molar refractivity (Wildman–Crippen MR) is 81.5 cm³/mol. The monoisotopic (exact) mass is 261 g/mol. The molecule has 0 aliphatic carbocycles. The van der Waals surface area contributed by atoms with Crippen molar-refractivity contribution >= 4 is 44.0 Å². The Balaban J connectivity index is 2.29. The Hall–Kier alpha value is -2.81. The fourth-order valence-corrected chi connectivity index (χ4v) is 2.99. The highest BCUT2D eigenvalue weighted by Crippen LogP contribution is 2.36. The van der Waals surface area contributed by atoms with Crippen LogP contribution < -0.4 is 5.73 Å². The summed E-state index contributed by atoms with van der Waals surface area (Å²) in [5.41, 5.74) is 6.97. The van der Waals surface area contributed by atoms with Gasteiger partial charge in [-0.05, 0) is 56.6 Å². The summed E-state index contributed by atoms with van der Waals surface area (Å²) in [6, 6.07) is 15.2. The summed E-state index contributed by atoms with van der Waals surface area (Å²) in [7, 11) is 0. The Bertz CT molecular complexity index is 922. The average Bonchev–Trinajstić information content (AvgIpc) is 2.43. The minimum atomic E-state index is -0.903. The molecule has 0 atom stereocenters. The lowest BCUT2D eigenvalue weighted by atomic mass is 9.92. The van der Waals surface area contributed by atoms with Gasteiger partial charge in [-0.1, -0.05) is 24.3 Å². The fraction of sp³-hybridized carbons (Fsp3) is 0. The standard InChI is InChI=1S/C17H11NO2/c18-14-7-11-3-1-9-5-13(17(19)20)6-10-2-4-12(8-14)16(11)15(9)10/h1-8H,18H2,(H,19,20). The van der Waals surface area contributed by atoms with Crippen LogP contribution in [0.4, 0.5) is 5.69 Å². The number of nitrogens with two attached hydrogens (primary N) is 1. The van der Waals surface area contributed by atoms with E-state index < -0.39 is 5.97 Å². The third-order valence-electron chi connectivity index (χ3n) is 3.80. The molecule has 0 amide bonds. The van der Waals surface area contributed by atoms with Crippen LogP contribution in [-0.4, -0.2) is 11.1 Å². The maximum atomic E-state index is 11.2. The van der Waals surface area contributed by atoms with Gasteiger partial charge >= 0.3 is 5.97 Å². The van der Waals surface area contributed by atoms with E-state index >= 15 is 0 Å². The van der Waals surface area contributed by atoms with E-state index in [9.17, 15) is 9.90 Å². The molecule has 0 spiro atoms. The van der Waals surface area contributed by atoms with Crippen molar-refractivity contribution in [2.45, 2.75) is 0 Å². The number of anilines is 1. The van der Waals surface area contributed by atoms with E-state index in [1.54, 1.807) is 12.1 Å². The first kappa shape index (κ1) is 11.1. The lowest BCUT2D eigenvalue weighted by molar-refractivity contribution is 0.0697. The van der Waals surface area contributed by atoms with Crippen LogP contribution in [0, 0.1) is 0 Å². The van der Waals surface area contributed by atoms with Crippen molar-refractivity contribution in [3.63, 3.8) is 0 Å². The van der Waals surface area contributed by atoms with E-state index in [4.69, 9.17) is 5.73 Å². The van der Waals surface area contributed by atoms with Crippen LogP contribution in [0.3, 0.4) is 0 Å². The van der Waals surface area contributed by atoms with Gasteiger partial charge in [-0.15, -0.1) is 0 Å². The normalized spacial score (nSPS) is 11.6. The summed E-state index contributed by atoms with van der Waals surface area (Å²) >= 11 is 0. The van der Waals surface area contributed by atoms with Crippen molar-refractivity contribution in [1.29, 1.82) is 0 Å². The van der Waals surface area contributed by atoms with E-state index in [2.05, 4.69) is 0 Å². The molecular weight excluding hydrogens is 250 g/mol. The van der Waals surface area contributed by atoms with Crippen LogP contribution in [0.5, 0.6) is 0 Å². The first-order valence-electron chi connectivity index (χ1n) is 6.35. The maximum absolute atomic E-state index is 11.2. The van der Waals surface area contributed by atoms with Crippen LogP contribution in [0.15, 0.2) is 48.5 Å². The summed E-state index contributed by atoms with van der Waals surface area (Å²) in [5.74, 6) is -0.903. The second kappa shape index (κ2) is 3.61. The molecule has 3 heteroatoms. The second-order valence-electron chi connectivity index (χ2n) is 5.08. The number of hydrogen-bond donors (Lipinski definition) is 2. The van der Waals surface area contributed by atoms with Gasteiger partial charge in [0.15, 0.2) is 0 Å². The Morgan fingerprint density at radius 2 is 1.20 bits per heavy atom. The van der Waals surface area contributed by atoms with Crippen LogP contribution in [0.2, 0.25) is 0 Å². The van der Waals surface area contributed by atoms with E-state index in [0.717, 1.165) is 38.0 Å². The van der Waals surface area contributed by atoms with Gasteiger partial charge in [0.2, 0.25) is 0 Å². The molecule has 4 rings (SSSR count). The van der Waals surface area contributed by atoms with E-state index in [1.165, 1.54) is 0 Å². The van der Waals surface area contributed by atoms with Crippen molar-refractivity contribution in [3.8, 4) is 0 Å². The third-order valence-corrected chi connectivity index (χ3v) is 3.80. The topological polar surface area (TPSA) is 63.3 Å². The number of carboxylic acids is 1. The van der Waals surface area contributed by atoms with E-state index in [0.29, 0.717) is 5.56 Å². The van der Waals surface area contributed by atoms with Gasteiger partial charge in [-0.25, -0.2) is 4.79 Å². The SMILES string of the molecule is Nc1cc2ccc3cc(C(=O)O)cc4ccc(c1)c2c34. The number of benzene rings is 4. The number of carboxylic acid groups (broad SMARTS) is 1. The third kappa shape index (κ3) is 1.37. The molecule has 0 unspecified atom stereocenters. The molecule has 3 nitrogen and oxygen atoms in total. The van der Waals surface area contributed by atoms with Crippen LogP contribution >= 0.6 is 0 Å². The summed E-state index contributed by atoms with van der Waals surface area (Å²) in [5, 5.41) is 15.5. The van der Waals surface area contributed by atoms with Gasteiger partial charge in [0.05, 0.1) is 5.56 Å². The van der Waals surface area contributed by atoms with Crippen molar-refractivity contribution < 1.29 is 9.90 Å². The zero-order chi connectivity index (χ0) is 13.9. The molecule has 3 N–H and O–H groups in total. The summed E-state index contributed by atoms with van der Waals surface area (Å²) in [4.78, 5) is 11.2. The molecule has 0 fully saturated rings. The Kier molecular flexibility index (Phi) is 1.99. The molecule has 0 heterocycles. The van der Waals surface area contributed by atoms with Gasteiger partial charge in [0.1, 0.15) is 0 Å². The summed E-state index contributed by atoms with van der Waals surface area (Å²) < 4.78 is 0. The Morgan fingerprint density at radius 3 is 1.60 bits per heavy atom. The summed E-state index contributed by atoms with van der Waals surface area (Å²) in [6.07, 6.45) is 0. The predicted octanol–water partition coefficient (Wildman–Crippen LogP) is 3.86. The molecule has 0 saturated heterocycles. The second-order valence-corrected chi connectivity index (χ2v) is 5.08. The minimum absolute atomic E-state index is 0.315. The van der Waals surface area contributed by atoms with Gasteiger partial charge < -0.3 is 10.8 Å². The number of rotatable bonds is 1. The van der Waals surface area contributed by atoms with Gasteiger partial charge in [0.25, 0.3) is 0 Å². The molecule has 4 aromatic carbocycles. The first-order chi connectivity index (χ1) is 9.63. The highest BCUT2D eigenvalue weighted by atomic mass is 16.4.